The monoisotopic (exact) mass is 434 g/mol. The van der Waals surface area contributed by atoms with E-state index in [9.17, 15) is 19.1 Å². The lowest BCUT2D eigenvalue weighted by atomic mass is 9.75. The first-order chi connectivity index (χ1) is 14.1. The number of halogens is 2. The van der Waals surface area contributed by atoms with Crippen molar-refractivity contribution in [3.63, 3.8) is 0 Å². The van der Waals surface area contributed by atoms with Crippen LogP contribution in [0, 0.1) is 11.2 Å². The number of nitrogens with zero attached hydrogens (tertiary/aromatic N) is 1. The molecule has 0 aliphatic rings. The highest BCUT2D eigenvalue weighted by Crippen LogP contribution is 2.35. The Morgan fingerprint density at radius 2 is 1.80 bits per heavy atom. The predicted octanol–water partition coefficient (Wildman–Crippen LogP) is 3.92. The fourth-order valence-corrected chi connectivity index (χ4v) is 3.66. The Balaban J connectivity index is 2.35. The second-order valence-corrected chi connectivity index (χ2v) is 8.43. The summed E-state index contributed by atoms with van der Waals surface area (Å²) in [6.45, 7) is 5.23. The van der Waals surface area contributed by atoms with Gasteiger partial charge in [-0.1, -0.05) is 61.8 Å². The maximum absolute atomic E-state index is 14.6. The molecule has 2 N–H and O–H groups in total. The number of rotatable bonds is 8. The van der Waals surface area contributed by atoms with Crippen LogP contribution in [0.5, 0.6) is 0 Å². The number of hydrogen-bond donors (Lipinski definition) is 2. The smallest absolute Gasteiger partial charge is 0.247 e. The number of carbonyl (C=O) groups is 2. The number of aliphatic hydroxyl groups is 1. The van der Waals surface area contributed by atoms with Gasteiger partial charge >= 0.3 is 0 Å². The summed E-state index contributed by atoms with van der Waals surface area (Å²) in [6.07, 6.45) is 0. The van der Waals surface area contributed by atoms with Crippen LogP contribution < -0.4 is 5.32 Å². The van der Waals surface area contributed by atoms with E-state index >= 15 is 0 Å². The van der Waals surface area contributed by atoms with Gasteiger partial charge in [0.25, 0.3) is 0 Å². The molecule has 2 rings (SSSR count). The maximum atomic E-state index is 14.6. The normalized spacial score (nSPS) is 13.4. The average molecular weight is 435 g/mol. The van der Waals surface area contributed by atoms with E-state index in [2.05, 4.69) is 5.32 Å². The molecule has 0 aliphatic carbocycles. The highest BCUT2D eigenvalue weighted by Gasteiger charge is 2.34. The standard InChI is InChI=1S/C23H28ClFN2O3/c1-15(29)27(4)21(20-18(24)11-8-12-19(20)25)22(30)26-13-17(23(2,3)14-28)16-9-6-5-7-10-16/h5-12,17,21,28H,13-14H2,1-4H3,(H,26,30)/t17-,21+/m0/s1. The molecule has 0 radical (unpaired) electrons. The van der Waals surface area contributed by atoms with Crippen LogP contribution in [-0.2, 0) is 9.59 Å². The van der Waals surface area contributed by atoms with Crippen LogP contribution in [0.25, 0.3) is 0 Å². The second kappa shape index (κ2) is 10.0. The Hall–Kier alpha value is -2.44. The molecule has 2 aromatic rings. The molecular formula is C23H28ClFN2O3. The van der Waals surface area contributed by atoms with Crippen molar-refractivity contribution in [1.82, 2.24) is 10.2 Å². The molecule has 5 nitrogen and oxygen atoms in total. The number of nitrogens with one attached hydrogen (secondary N) is 1. The Morgan fingerprint density at radius 1 is 1.17 bits per heavy atom. The van der Waals surface area contributed by atoms with Crippen LogP contribution in [0.4, 0.5) is 4.39 Å². The van der Waals surface area contributed by atoms with Crippen LogP contribution in [0.1, 0.15) is 43.9 Å². The van der Waals surface area contributed by atoms with E-state index in [1.165, 1.54) is 32.2 Å². The summed E-state index contributed by atoms with van der Waals surface area (Å²) < 4.78 is 14.6. The number of benzene rings is 2. The predicted molar refractivity (Wildman–Crippen MR) is 116 cm³/mol. The SMILES string of the molecule is CC(=O)N(C)[C@@H](C(=O)NC[C@@H](c1ccccc1)C(C)(C)CO)c1c(F)cccc1Cl. The third-order valence-electron chi connectivity index (χ3n) is 5.44. The molecule has 0 aliphatic heterocycles. The minimum atomic E-state index is -1.22. The maximum Gasteiger partial charge on any atom is 0.247 e. The molecule has 2 aromatic carbocycles. The fourth-order valence-electron chi connectivity index (χ4n) is 3.39. The lowest BCUT2D eigenvalue weighted by molar-refractivity contribution is -0.137. The summed E-state index contributed by atoms with van der Waals surface area (Å²) >= 11 is 6.18. The van der Waals surface area contributed by atoms with Gasteiger partial charge in [-0.15, -0.1) is 0 Å². The van der Waals surface area contributed by atoms with Gasteiger partial charge in [0.05, 0.1) is 0 Å². The largest absolute Gasteiger partial charge is 0.396 e. The first kappa shape index (κ1) is 23.8. The number of likely N-dealkylation sites (N-methyl/N-ethyl adjacent to an activating group) is 1. The van der Waals surface area contributed by atoms with Gasteiger partial charge in [0.1, 0.15) is 11.9 Å². The van der Waals surface area contributed by atoms with E-state index in [1.807, 2.05) is 44.2 Å². The van der Waals surface area contributed by atoms with Crippen molar-refractivity contribution in [2.45, 2.75) is 32.7 Å². The van der Waals surface area contributed by atoms with E-state index in [1.54, 1.807) is 0 Å². The molecule has 30 heavy (non-hydrogen) atoms. The second-order valence-electron chi connectivity index (χ2n) is 8.02. The molecule has 2 amide bonds. The van der Waals surface area contributed by atoms with E-state index in [0.717, 1.165) is 10.5 Å². The molecule has 2 atom stereocenters. The highest BCUT2D eigenvalue weighted by atomic mass is 35.5. The van der Waals surface area contributed by atoms with Crippen molar-refractivity contribution in [2.24, 2.45) is 5.41 Å². The van der Waals surface area contributed by atoms with Gasteiger partial charge < -0.3 is 15.3 Å². The van der Waals surface area contributed by atoms with Crippen molar-refractivity contribution < 1.29 is 19.1 Å². The highest BCUT2D eigenvalue weighted by molar-refractivity contribution is 6.31. The molecule has 0 unspecified atom stereocenters. The average Bonchev–Trinajstić information content (AvgIpc) is 2.71. The summed E-state index contributed by atoms with van der Waals surface area (Å²) in [5.41, 5.74) is 0.385. The molecule has 162 valence electrons. The number of aliphatic hydroxyl groups excluding tert-OH is 1. The Bertz CT molecular complexity index is 869. The van der Waals surface area contributed by atoms with Crippen molar-refractivity contribution in [3.8, 4) is 0 Å². The van der Waals surface area contributed by atoms with E-state index in [-0.39, 0.29) is 29.7 Å². The lowest BCUT2D eigenvalue weighted by Crippen LogP contribution is -2.44. The zero-order chi connectivity index (χ0) is 22.5. The summed E-state index contributed by atoms with van der Waals surface area (Å²) in [7, 11) is 1.43. The topological polar surface area (TPSA) is 69.6 Å². The van der Waals surface area contributed by atoms with Gasteiger partial charge in [0, 0.05) is 43.6 Å². The van der Waals surface area contributed by atoms with Crippen molar-refractivity contribution in [2.75, 3.05) is 20.2 Å². The first-order valence-electron chi connectivity index (χ1n) is 9.71. The van der Waals surface area contributed by atoms with E-state index < -0.39 is 29.1 Å². The zero-order valence-electron chi connectivity index (χ0n) is 17.7. The summed E-state index contributed by atoms with van der Waals surface area (Å²) in [4.78, 5) is 26.3. The van der Waals surface area contributed by atoms with Crippen LogP contribution in [-0.4, -0.2) is 42.0 Å². The molecule has 0 fully saturated rings. The molecule has 0 saturated heterocycles. The van der Waals surface area contributed by atoms with Crippen LogP contribution in [0.2, 0.25) is 5.02 Å². The quantitative estimate of drug-likeness (QED) is 0.661. The minimum Gasteiger partial charge on any atom is -0.396 e. The molecule has 0 saturated carbocycles. The Labute approximate surface area is 181 Å². The van der Waals surface area contributed by atoms with Crippen LogP contribution in [0.3, 0.4) is 0 Å². The first-order valence-corrected chi connectivity index (χ1v) is 10.1. The lowest BCUT2D eigenvalue weighted by Gasteiger charge is -2.34. The van der Waals surface area contributed by atoms with Crippen LogP contribution in [0.15, 0.2) is 48.5 Å². The van der Waals surface area contributed by atoms with Gasteiger partial charge in [-0.05, 0) is 23.1 Å². The number of amides is 2. The summed E-state index contributed by atoms with van der Waals surface area (Å²) in [5, 5.41) is 12.8. The Morgan fingerprint density at radius 3 is 2.33 bits per heavy atom. The summed E-state index contributed by atoms with van der Waals surface area (Å²) in [5.74, 6) is -1.81. The van der Waals surface area contributed by atoms with Gasteiger partial charge in [0.15, 0.2) is 0 Å². The minimum absolute atomic E-state index is 0.0490. The molecule has 0 bridgehead atoms. The molecule has 0 spiro atoms. The number of hydrogen-bond acceptors (Lipinski definition) is 3. The van der Waals surface area contributed by atoms with Gasteiger partial charge in [-0.2, -0.15) is 0 Å². The van der Waals surface area contributed by atoms with Crippen molar-refractivity contribution in [3.05, 3.63) is 70.5 Å². The molecule has 7 heteroatoms. The van der Waals surface area contributed by atoms with Crippen LogP contribution >= 0.6 is 11.6 Å². The molecule has 0 aromatic heterocycles. The molecular weight excluding hydrogens is 407 g/mol. The van der Waals surface area contributed by atoms with Gasteiger partial charge in [0.2, 0.25) is 11.8 Å². The van der Waals surface area contributed by atoms with Gasteiger partial charge in [-0.25, -0.2) is 4.39 Å². The van der Waals surface area contributed by atoms with E-state index in [0.29, 0.717) is 0 Å². The van der Waals surface area contributed by atoms with Crippen molar-refractivity contribution in [1.29, 1.82) is 0 Å². The third-order valence-corrected chi connectivity index (χ3v) is 5.77. The molecule has 0 heterocycles. The van der Waals surface area contributed by atoms with Gasteiger partial charge in [-0.3, -0.25) is 9.59 Å². The van der Waals surface area contributed by atoms with Crippen molar-refractivity contribution >= 4 is 23.4 Å². The zero-order valence-corrected chi connectivity index (χ0v) is 18.4. The summed E-state index contributed by atoms with van der Waals surface area (Å²) in [6, 6.07) is 12.5. The Kier molecular flexibility index (Phi) is 7.98. The fraction of sp³-hybridized carbons (Fsp3) is 0.391. The van der Waals surface area contributed by atoms with E-state index in [4.69, 9.17) is 11.6 Å². The number of carbonyl (C=O) groups excluding carboxylic acids is 2. The third kappa shape index (κ3) is 5.37.